The highest BCUT2D eigenvalue weighted by molar-refractivity contribution is 8.93. The highest BCUT2D eigenvalue weighted by Crippen LogP contribution is 2.27. The van der Waals surface area contributed by atoms with Crippen molar-refractivity contribution in [1.29, 1.82) is 0 Å². The van der Waals surface area contributed by atoms with Crippen LogP contribution in [-0.2, 0) is 0 Å². The maximum absolute atomic E-state index is 12.8. The Morgan fingerprint density at radius 1 is 1.40 bits per heavy atom. The van der Waals surface area contributed by atoms with Crippen molar-refractivity contribution in [3.8, 4) is 5.75 Å². The number of halogens is 2. The van der Waals surface area contributed by atoms with E-state index in [1.807, 2.05) is 0 Å². The first kappa shape index (κ1) is 12.5. The molecular formula is C11H15BrFNO. The van der Waals surface area contributed by atoms with E-state index >= 15 is 0 Å². The molecule has 1 saturated heterocycles. The van der Waals surface area contributed by atoms with Gasteiger partial charge in [-0.2, -0.15) is 0 Å². The largest absolute Gasteiger partial charge is 0.505 e. The third-order valence-electron chi connectivity index (χ3n) is 2.74. The number of piperidine rings is 1. The molecule has 84 valence electrons. The minimum Gasteiger partial charge on any atom is -0.505 e. The molecule has 1 unspecified atom stereocenters. The topological polar surface area (TPSA) is 32.3 Å². The predicted octanol–water partition coefficient (Wildman–Crippen LogP) is 2.58. The fourth-order valence-electron chi connectivity index (χ4n) is 1.92. The van der Waals surface area contributed by atoms with Gasteiger partial charge in [-0.05, 0) is 43.0 Å². The first-order valence-electron chi connectivity index (χ1n) is 4.96. The van der Waals surface area contributed by atoms with E-state index in [1.165, 1.54) is 12.1 Å². The molecule has 1 fully saturated rings. The van der Waals surface area contributed by atoms with Gasteiger partial charge in [0.2, 0.25) is 0 Å². The molecule has 0 spiro atoms. The molecule has 1 heterocycles. The Balaban J connectivity index is 0.00000112. The van der Waals surface area contributed by atoms with E-state index in [0.717, 1.165) is 31.5 Å². The molecule has 15 heavy (non-hydrogen) atoms. The zero-order valence-corrected chi connectivity index (χ0v) is 10.1. The number of benzene rings is 1. The van der Waals surface area contributed by atoms with Crippen molar-refractivity contribution < 1.29 is 9.50 Å². The molecule has 1 aromatic carbocycles. The lowest BCUT2D eigenvalue weighted by molar-refractivity contribution is 0.425. The molecule has 2 rings (SSSR count). The minimum absolute atomic E-state index is 0. The molecule has 0 saturated carbocycles. The first-order valence-corrected chi connectivity index (χ1v) is 4.96. The molecule has 0 aromatic heterocycles. The van der Waals surface area contributed by atoms with Gasteiger partial charge < -0.3 is 10.4 Å². The highest BCUT2D eigenvalue weighted by Gasteiger charge is 2.16. The van der Waals surface area contributed by atoms with Crippen LogP contribution in [0.5, 0.6) is 5.75 Å². The Hall–Kier alpha value is -0.610. The molecule has 1 aliphatic rings. The van der Waals surface area contributed by atoms with Crippen LogP contribution in [0.2, 0.25) is 0 Å². The molecular weight excluding hydrogens is 261 g/mol. The summed E-state index contributed by atoms with van der Waals surface area (Å²) in [5.74, 6) is -0.374. The Kier molecular flexibility index (Phi) is 4.54. The summed E-state index contributed by atoms with van der Waals surface area (Å²) in [5, 5.41) is 12.5. The third kappa shape index (κ3) is 2.92. The van der Waals surface area contributed by atoms with Crippen molar-refractivity contribution in [2.45, 2.75) is 18.8 Å². The molecule has 1 aromatic rings. The average molecular weight is 276 g/mol. The normalized spacial score (nSPS) is 20.7. The first-order chi connectivity index (χ1) is 6.77. The van der Waals surface area contributed by atoms with Crippen molar-refractivity contribution in [1.82, 2.24) is 5.32 Å². The summed E-state index contributed by atoms with van der Waals surface area (Å²) < 4.78 is 12.8. The molecule has 0 amide bonds. The monoisotopic (exact) mass is 275 g/mol. The van der Waals surface area contributed by atoms with Gasteiger partial charge in [-0.25, -0.2) is 4.39 Å². The number of hydrogen-bond donors (Lipinski definition) is 2. The predicted molar refractivity (Wildman–Crippen MR) is 63.2 cm³/mol. The van der Waals surface area contributed by atoms with Gasteiger partial charge in [-0.3, -0.25) is 0 Å². The van der Waals surface area contributed by atoms with Crippen LogP contribution in [0.1, 0.15) is 24.3 Å². The molecule has 2 nitrogen and oxygen atoms in total. The van der Waals surface area contributed by atoms with Crippen LogP contribution >= 0.6 is 17.0 Å². The Morgan fingerprint density at radius 2 is 2.20 bits per heavy atom. The molecule has 4 heteroatoms. The summed E-state index contributed by atoms with van der Waals surface area (Å²) in [6.45, 7) is 1.98. The van der Waals surface area contributed by atoms with E-state index in [2.05, 4.69) is 5.32 Å². The van der Waals surface area contributed by atoms with Gasteiger partial charge in [-0.15, -0.1) is 17.0 Å². The molecule has 2 N–H and O–H groups in total. The fraction of sp³-hybridized carbons (Fsp3) is 0.455. The van der Waals surface area contributed by atoms with Gasteiger partial charge in [0.15, 0.2) is 11.6 Å². The van der Waals surface area contributed by atoms with Gasteiger partial charge in [-0.1, -0.05) is 6.07 Å². The molecule has 1 aliphatic heterocycles. The summed E-state index contributed by atoms with van der Waals surface area (Å²) >= 11 is 0. The Bertz CT molecular complexity index is 326. The second kappa shape index (κ2) is 5.47. The van der Waals surface area contributed by atoms with E-state index in [4.69, 9.17) is 0 Å². The SMILES string of the molecule is Br.Oc1cc(C2CCCNC2)ccc1F. The minimum atomic E-state index is -0.544. The number of rotatable bonds is 1. The number of phenols is 1. The van der Waals surface area contributed by atoms with Crippen LogP contribution in [0.3, 0.4) is 0 Å². The lowest BCUT2D eigenvalue weighted by Crippen LogP contribution is -2.28. The summed E-state index contributed by atoms with van der Waals surface area (Å²) in [5.41, 5.74) is 1.02. The van der Waals surface area contributed by atoms with Crippen LogP contribution in [0.25, 0.3) is 0 Å². The van der Waals surface area contributed by atoms with Crippen LogP contribution in [0, 0.1) is 5.82 Å². The molecule has 1 atom stereocenters. The smallest absolute Gasteiger partial charge is 0.164 e. The van der Waals surface area contributed by atoms with Crippen LogP contribution < -0.4 is 5.32 Å². The molecule has 0 bridgehead atoms. The number of aromatic hydroxyl groups is 1. The number of nitrogens with one attached hydrogen (secondary N) is 1. The quantitative estimate of drug-likeness (QED) is 0.826. The van der Waals surface area contributed by atoms with Crippen molar-refractivity contribution >= 4 is 17.0 Å². The summed E-state index contributed by atoms with van der Waals surface area (Å²) in [7, 11) is 0. The second-order valence-corrected chi connectivity index (χ2v) is 3.75. The van der Waals surface area contributed by atoms with E-state index in [-0.39, 0.29) is 22.7 Å². The lowest BCUT2D eigenvalue weighted by Gasteiger charge is -2.23. The number of phenolic OH excluding ortho intramolecular Hbond substituents is 1. The maximum Gasteiger partial charge on any atom is 0.164 e. The number of hydrogen-bond acceptors (Lipinski definition) is 2. The standard InChI is InChI=1S/C11H14FNO.BrH/c12-10-4-3-8(6-11(10)14)9-2-1-5-13-7-9;/h3-4,6,9,13-14H,1-2,5,7H2;1H. The van der Waals surface area contributed by atoms with Crippen molar-refractivity contribution in [2.24, 2.45) is 0 Å². The van der Waals surface area contributed by atoms with Crippen molar-refractivity contribution in [3.05, 3.63) is 29.6 Å². The molecule has 0 aliphatic carbocycles. The van der Waals surface area contributed by atoms with Crippen LogP contribution in [0.4, 0.5) is 4.39 Å². The fourth-order valence-corrected chi connectivity index (χ4v) is 1.92. The van der Waals surface area contributed by atoms with Crippen molar-refractivity contribution in [3.63, 3.8) is 0 Å². The Morgan fingerprint density at radius 3 is 2.80 bits per heavy atom. The van der Waals surface area contributed by atoms with Gasteiger partial charge in [0, 0.05) is 6.54 Å². The average Bonchev–Trinajstić information content (AvgIpc) is 2.23. The van der Waals surface area contributed by atoms with E-state index in [9.17, 15) is 9.50 Å². The lowest BCUT2D eigenvalue weighted by atomic mass is 9.91. The second-order valence-electron chi connectivity index (χ2n) is 3.75. The summed E-state index contributed by atoms with van der Waals surface area (Å²) in [6.07, 6.45) is 2.25. The zero-order valence-electron chi connectivity index (χ0n) is 8.37. The van der Waals surface area contributed by atoms with Crippen LogP contribution in [-0.4, -0.2) is 18.2 Å². The Labute approximate surface area is 99.3 Å². The highest BCUT2D eigenvalue weighted by atomic mass is 79.9. The van der Waals surface area contributed by atoms with E-state index < -0.39 is 5.82 Å². The van der Waals surface area contributed by atoms with Crippen LogP contribution in [0.15, 0.2) is 18.2 Å². The van der Waals surface area contributed by atoms with E-state index in [1.54, 1.807) is 6.07 Å². The summed E-state index contributed by atoms with van der Waals surface area (Å²) in [6, 6.07) is 4.62. The summed E-state index contributed by atoms with van der Waals surface area (Å²) in [4.78, 5) is 0. The van der Waals surface area contributed by atoms with Gasteiger partial charge in [0.05, 0.1) is 0 Å². The zero-order chi connectivity index (χ0) is 9.97. The third-order valence-corrected chi connectivity index (χ3v) is 2.74. The van der Waals surface area contributed by atoms with Gasteiger partial charge in [0.1, 0.15) is 0 Å². The molecule has 0 radical (unpaired) electrons. The maximum atomic E-state index is 12.8. The van der Waals surface area contributed by atoms with Gasteiger partial charge >= 0.3 is 0 Å². The van der Waals surface area contributed by atoms with Gasteiger partial charge in [0.25, 0.3) is 0 Å². The van der Waals surface area contributed by atoms with E-state index in [0.29, 0.717) is 5.92 Å². The van der Waals surface area contributed by atoms with Crippen molar-refractivity contribution in [2.75, 3.05) is 13.1 Å².